The van der Waals surface area contributed by atoms with Crippen LogP contribution in [-0.4, -0.2) is 82.3 Å². The van der Waals surface area contributed by atoms with Gasteiger partial charge in [0.2, 0.25) is 5.91 Å². The maximum absolute atomic E-state index is 13.1. The van der Waals surface area contributed by atoms with E-state index < -0.39 is 0 Å². The molecule has 2 aliphatic heterocycles. The molecule has 29 heavy (non-hydrogen) atoms. The fourth-order valence-corrected chi connectivity index (χ4v) is 3.91. The number of carbonyl (C=O) groups is 2. The zero-order chi connectivity index (χ0) is 21.0. The normalized spacial score (nSPS) is 20.0. The summed E-state index contributed by atoms with van der Waals surface area (Å²) < 4.78 is 16.2. The monoisotopic (exact) mass is 405 g/mol. The molecule has 0 unspecified atom stereocenters. The Bertz CT molecular complexity index is 746. The number of carbonyl (C=O) groups excluding carboxylic acids is 2. The van der Waals surface area contributed by atoms with Gasteiger partial charge in [0.05, 0.1) is 19.9 Å². The van der Waals surface area contributed by atoms with Gasteiger partial charge in [0.25, 0.3) is 5.91 Å². The first-order valence-electron chi connectivity index (χ1n) is 10.0. The molecule has 1 aromatic rings. The predicted octanol–water partition coefficient (Wildman–Crippen LogP) is 1.84. The number of methoxy groups -OCH3 is 2. The highest BCUT2D eigenvalue weighted by Gasteiger charge is 2.30. The maximum Gasteiger partial charge on any atom is 0.254 e. The van der Waals surface area contributed by atoms with Gasteiger partial charge in [-0.2, -0.15) is 0 Å². The Morgan fingerprint density at radius 1 is 1.14 bits per heavy atom. The number of rotatable bonds is 6. The summed E-state index contributed by atoms with van der Waals surface area (Å²) in [6, 6.07) is 3.71. The molecule has 2 saturated heterocycles. The van der Waals surface area contributed by atoms with Crippen LogP contribution in [0.2, 0.25) is 0 Å². The van der Waals surface area contributed by atoms with Gasteiger partial charge in [0.1, 0.15) is 0 Å². The minimum Gasteiger partial charge on any atom is -0.493 e. The molecular weight excluding hydrogens is 374 g/mol. The summed E-state index contributed by atoms with van der Waals surface area (Å²) in [5, 5.41) is 2.94. The van der Waals surface area contributed by atoms with Crippen LogP contribution in [0.1, 0.15) is 29.6 Å². The van der Waals surface area contributed by atoms with Crippen LogP contribution in [0.15, 0.2) is 12.1 Å². The van der Waals surface area contributed by atoms with E-state index in [1.807, 2.05) is 19.0 Å². The number of hydrogen-bond donors (Lipinski definition) is 1. The van der Waals surface area contributed by atoms with Crippen molar-refractivity contribution < 1.29 is 23.8 Å². The Morgan fingerprint density at radius 2 is 1.86 bits per heavy atom. The Balaban J connectivity index is 1.84. The molecule has 0 aromatic heterocycles. The SMILES string of the molecule is COc1cc(C(=O)N2CC[C@@H](N(C)C)C2)cc(NC(=O)C2CCOCC2)c1OC. The number of likely N-dealkylation sites (tertiary alicyclic amines) is 1. The highest BCUT2D eigenvalue weighted by molar-refractivity contribution is 6.00. The Kier molecular flexibility index (Phi) is 6.97. The zero-order valence-corrected chi connectivity index (χ0v) is 17.7. The maximum atomic E-state index is 13.1. The summed E-state index contributed by atoms with van der Waals surface area (Å²) in [6.07, 6.45) is 2.31. The molecule has 2 fully saturated rings. The number of likely N-dealkylation sites (N-methyl/N-ethyl adjacent to an activating group) is 1. The summed E-state index contributed by atoms with van der Waals surface area (Å²) in [7, 11) is 7.09. The largest absolute Gasteiger partial charge is 0.493 e. The van der Waals surface area contributed by atoms with Crippen molar-refractivity contribution in [1.29, 1.82) is 0 Å². The van der Waals surface area contributed by atoms with Gasteiger partial charge in [-0.05, 0) is 45.5 Å². The number of hydrogen-bond acceptors (Lipinski definition) is 6. The molecule has 2 aliphatic rings. The van der Waals surface area contributed by atoms with Gasteiger partial charge in [0, 0.05) is 43.8 Å². The second-order valence-corrected chi connectivity index (χ2v) is 7.79. The van der Waals surface area contributed by atoms with Crippen molar-refractivity contribution in [3.63, 3.8) is 0 Å². The number of nitrogens with one attached hydrogen (secondary N) is 1. The lowest BCUT2D eigenvalue weighted by molar-refractivity contribution is -0.122. The van der Waals surface area contributed by atoms with E-state index in [-0.39, 0.29) is 17.7 Å². The molecule has 2 amide bonds. The topological polar surface area (TPSA) is 80.3 Å². The van der Waals surface area contributed by atoms with Crippen LogP contribution in [0.25, 0.3) is 0 Å². The fourth-order valence-electron chi connectivity index (χ4n) is 3.91. The van der Waals surface area contributed by atoms with Gasteiger partial charge in [0.15, 0.2) is 11.5 Å². The van der Waals surface area contributed by atoms with Gasteiger partial charge < -0.3 is 29.3 Å². The van der Waals surface area contributed by atoms with Gasteiger partial charge in [-0.3, -0.25) is 9.59 Å². The molecule has 3 rings (SSSR count). The lowest BCUT2D eigenvalue weighted by Gasteiger charge is -2.23. The van der Waals surface area contributed by atoms with E-state index in [2.05, 4.69) is 10.2 Å². The standard InChI is InChI=1S/C21H31N3O5/c1-23(2)16-5-8-24(13-16)21(26)15-11-17(19(28-4)18(12-15)27-3)22-20(25)14-6-9-29-10-7-14/h11-12,14,16H,5-10,13H2,1-4H3,(H,22,25)/t16-/m1/s1. The molecule has 0 bridgehead atoms. The molecule has 1 N–H and O–H groups in total. The van der Waals surface area contributed by atoms with Crippen LogP contribution < -0.4 is 14.8 Å². The molecule has 160 valence electrons. The van der Waals surface area contributed by atoms with E-state index in [1.165, 1.54) is 14.2 Å². The smallest absolute Gasteiger partial charge is 0.254 e. The lowest BCUT2D eigenvalue weighted by atomic mass is 9.99. The van der Waals surface area contributed by atoms with Crippen LogP contribution in [0, 0.1) is 5.92 Å². The average Bonchev–Trinajstić information content (AvgIpc) is 3.23. The van der Waals surface area contributed by atoms with E-state index in [0.29, 0.717) is 67.9 Å². The van der Waals surface area contributed by atoms with Crippen molar-refractivity contribution in [2.75, 3.05) is 59.9 Å². The Labute approximate surface area is 172 Å². The lowest BCUT2D eigenvalue weighted by Crippen LogP contribution is -2.34. The van der Waals surface area contributed by atoms with Crippen molar-refractivity contribution in [3.05, 3.63) is 17.7 Å². The van der Waals surface area contributed by atoms with Gasteiger partial charge in [-0.25, -0.2) is 0 Å². The number of amides is 2. The minimum atomic E-state index is -0.113. The van der Waals surface area contributed by atoms with E-state index in [4.69, 9.17) is 14.2 Å². The molecule has 8 heteroatoms. The number of anilines is 1. The summed E-state index contributed by atoms with van der Waals surface area (Å²) in [4.78, 5) is 29.8. The predicted molar refractivity (Wildman–Crippen MR) is 110 cm³/mol. The first kappa shape index (κ1) is 21.4. The first-order chi connectivity index (χ1) is 13.9. The zero-order valence-electron chi connectivity index (χ0n) is 17.7. The van der Waals surface area contributed by atoms with E-state index >= 15 is 0 Å². The van der Waals surface area contributed by atoms with Gasteiger partial charge in [-0.1, -0.05) is 0 Å². The van der Waals surface area contributed by atoms with Crippen molar-refractivity contribution in [2.45, 2.75) is 25.3 Å². The van der Waals surface area contributed by atoms with Crippen LogP contribution in [0.3, 0.4) is 0 Å². The second kappa shape index (κ2) is 9.45. The van der Waals surface area contributed by atoms with Crippen LogP contribution >= 0.6 is 0 Å². The van der Waals surface area contributed by atoms with Crippen molar-refractivity contribution in [2.24, 2.45) is 5.92 Å². The van der Waals surface area contributed by atoms with Gasteiger partial charge in [-0.15, -0.1) is 0 Å². The number of ether oxygens (including phenoxy) is 3. The third-order valence-corrected chi connectivity index (χ3v) is 5.76. The Hall–Kier alpha value is -2.32. The molecule has 0 saturated carbocycles. The van der Waals surface area contributed by atoms with Crippen LogP contribution in [-0.2, 0) is 9.53 Å². The third-order valence-electron chi connectivity index (χ3n) is 5.76. The second-order valence-electron chi connectivity index (χ2n) is 7.79. The van der Waals surface area contributed by atoms with E-state index in [1.54, 1.807) is 12.1 Å². The van der Waals surface area contributed by atoms with Crippen molar-refractivity contribution in [3.8, 4) is 11.5 Å². The quantitative estimate of drug-likeness (QED) is 0.778. The van der Waals surface area contributed by atoms with E-state index in [9.17, 15) is 9.59 Å². The fraction of sp³-hybridized carbons (Fsp3) is 0.619. The van der Waals surface area contributed by atoms with Gasteiger partial charge >= 0.3 is 0 Å². The van der Waals surface area contributed by atoms with Crippen molar-refractivity contribution >= 4 is 17.5 Å². The summed E-state index contributed by atoms with van der Waals surface area (Å²) in [5.41, 5.74) is 0.930. The summed E-state index contributed by atoms with van der Waals surface area (Å²) >= 11 is 0. The molecule has 2 heterocycles. The number of nitrogens with zero attached hydrogens (tertiary/aromatic N) is 2. The molecule has 0 spiro atoms. The summed E-state index contributed by atoms with van der Waals surface area (Å²) in [6.45, 7) is 2.56. The van der Waals surface area contributed by atoms with Crippen LogP contribution in [0.4, 0.5) is 5.69 Å². The molecule has 1 atom stereocenters. The van der Waals surface area contributed by atoms with Crippen LogP contribution in [0.5, 0.6) is 11.5 Å². The minimum absolute atomic E-state index is 0.0723. The van der Waals surface area contributed by atoms with E-state index in [0.717, 1.165) is 6.42 Å². The molecule has 0 aliphatic carbocycles. The molecule has 8 nitrogen and oxygen atoms in total. The molecule has 0 radical (unpaired) electrons. The molecular formula is C21H31N3O5. The average molecular weight is 405 g/mol. The third kappa shape index (κ3) is 4.82. The summed E-state index contributed by atoms with van der Waals surface area (Å²) in [5.74, 6) is 0.559. The highest BCUT2D eigenvalue weighted by Crippen LogP contribution is 2.37. The highest BCUT2D eigenvalue weighted by atomic mass is 16.5. The Morgan fingerprint density at radius 3 is 2.45 bits per heavy atom. The number of benzene rings is 1. The van der Waals surface area contributed by atoms with Crippen molar-refractivity contribution in [1.82, 2.24) is 9.80 Å². The first-order valence-corrected chi connectivity index (χ1v) is 10.0. The molecule has 1 aromatic carbocycles.